The van der Waals surface area contributed by atoms with Gasteiger partial charge in [0.1, 0.15) is 0 Å². The average molecular weight is 132 g/mol. The van der Waals surface area contributed by atoms with Gasteiger partial charge in [0.15, 0.2) is 0 Å². The van der Waals surface area contributed by atoms with Crippen LogP contribution in [0, 0.1) is 0 Å². The van der Waals surface area contributed by atoms with E-state index in [-0.39, 0.29) is 6.17 Å². The van der Waals surface area contributed by atoms with Crippen LogP contribution in [0.1, 0.15) is 40.0 Å². The zero-order valence-electron chi connectivity index (χ0n) is 6.85. The molecular weight excluding hydrogens is 112 g/mol. The average Bonchev–Trinajstić information content (AvgIpc) is 1.67. The predicted octanol–water partition coefficient (Wildman–Crippen LogP) is 1.45. The van der Waals surface area contributed by atoms with Crippen molar-refractivity contribution >= 4 is 0 Å². The van der Waals surface area contributed by atoms with Gasteiger partial charge in [-0.3, -0.25) is 0 Å². The van der Waals surface area contributed by atoms with Gasteiger partial charge in [-0.05, 0) is 6.42 Å². The molecule has 0 rings (SSSR count). The van der Waals surface area contributed by atoms with Gasteiger partial charge in [-0.15, -0.1) is 0 Å². The maximum atomic E-state index is 5.18. The summed E-state index contributed by atoms with van der Waals surface area (Å²) >= 11 is 0. The summed E-state index contributed by atoms with van der Waals surface area (Å²) in [6, 6.07) is 0. The molecule has 2 heteroatoms. The molecule has 0 unspecified atom stereocenters. The molecule has 0 aliphatic heterocycles. The van der Waals surface area contributed by atoms with Crippen molar-refractivity contribution in [2.45, 2.75) is 46.2 Å². The van der Waals surface area contributed by atoms with Crippen LogP contribution >= 0.6 is 0 Å². The van der Waals surface area contributed by atoms with Gasteiger partial charge in [-0.25, -0.2) is 0 Å². The molecule has 2 nitrogen and oxygen atoms in total. The number of rotatable bonds is 2. The van der Waals surface area contributed by atoms with Crippen LogP contribution in [0.15, 0.2) is 0 Å². The molecule has 9 heavy (non-hydrogen) atoms. The summed E-state index contributed by atoms with van der Waals surface area (Å²) in [6.07, 6.45) is 3.16. The molecule has 0 bridgehead atoms. The van der Waals surface area contributed by atoms with Crippen LogP contribution in [0.2, 0.25) is 0 Å². The van der Waals surface area contributed by atoms with Gasteiger partial charge in [0, 0.05) is 0 Å². The highest BCUT2D eigenvalue weighted by atomic mass is 14.8. The summed E-state index contributed by atoms with van der Waals surface area (Å²) in [6.45, 7) is 6.31. The molecule has 0 heterocycles. The Morgan fingerprint density at radius 3 is 1.44 bits per heavy atom. The maximum Gasteiger partial charge on any atom is 0.0520 e. The van der Waals surface area contributed by atoms with Crippen LogP contribution in [0.25, 0.3) is 0 Å². The van der Waals surface area contributed by atoms with E-state index < -0.39 is 0 Å². The van der Waals surface area contributed by atoms with Crippen molar-refractivity contribution in [1.29, 1.82) is 0 Å². The number of hydrogen-bond acceptors (Lipinski definition) is 2. The smallest absolute Gasteiger partial charge is 0.0520 e. The highest BCUT2D eigenvalue weighted by Gasteiger charge is 1.85. The van der Waals surface area contributed by atoms with Crippen LogP contribution in [0.4, 0.5) is 0 Å². The fraction of sp³-hybridized carbons (Fsp3) is 1.00. The SMILES string of the molecule is CCC.CCCC(N)N. The monoisotopic (exact) mass is 132 g/mol. The normalized spacial score (nSPS) is 8.67. The molecule has 0 amide bonds. The van der Waals surface area contributed by atoms with Crippen molar-refractivity contribution in [3.8, 4) is 0 Å². The Bertz CT molecular complexity index is 35.9. The molecule has 58 valence electrons. The molecule has 0 radical (unpaired) electrons. The minimum atomic E-state index is -0.102. The van der Waals surface area contributed by atoms with Crippen LogP contribution < -0.4 is 11.5 Å². The van der Waals surface area contributed by atoms with Gasteiger partial charge in [-0.1, -0.05) is 33.6 Å². The van der Waals surface area contributed by atoms with E-state index in [0.29, 0.717) is 0 Å². The van der Waals surface area contributed by atoms with E-state index in [1.165, 1.54) is 6.42 Å². The molecule has 0 aliphatic carbocycles. The molecule has 0 atom stereocenters. The first-order valence-electron chi connectivity index (χ1n) is 3.70. The van der Waals surface area contributed by atoms with Gasteiger partial charge in [-0.2, -0.15) is 0 Å². The van der Waals surface area contributed by atoms with Crippen LogP contribution in [0.3, 0.4) is 0 Å². The van der Waals surface area contributed by atoms with Crippen molar-refractivity contribution in [2.75, 3.05) is 0 Å². The largest absolute Gasteiger partial charge is 0.316 e. The van der Waals surface area contributed by atoms with Crippen molar-refractivity contribution in [2.24, 2.45) is 11.5 Å². The van der Waals surface area contributed by atoms with E-state index in [9.17, 15) is 0 Å². The van der Waals surface area contributed by atoms with Crippen LogP contribution in [0.5, 0.6) is 0 Å². The van der Waals surface area contributed by atoms with E-state index in [1.807, 2.05) is 0 Å². The van der Waals surface area contributed by atoms with Crippen LogP contribution in [-0.2, 0) is 0 Å². The van der Waals surface area contributed by atoms with Crippen LogP contribution in [-0.4, -0.2) is 6.17 Å². The fourth-order valence-electron chi connectivity index (χ4n) is 0.333. The first kappa shape index (κ1) is 11.7. The summed E-state index contributed by atoms with van der Waals surface area (Å²) in [5.41, 5.74) is 10.4. The second kappa shape index (κ2) is 10.8. The fourth-order valence-corrected chi connectivity index (χ4v) is 0.333. The first-order valence-corrected chi connectivity index (χ1v) is 3.70. The Hall–Kier alpha value is -0.0800. The maximum absolute atomic E-state index is 5.18. The quantitative estimate of drug-likeness (QED) is 0.559. The summed E-state index contributed by atoms with van der Waals surface area (Å²) in [5, 5.41) is 0. The Balaban J connectivity index is 0. The lowest BCUT2D eigenvalue weighted by molar-refractivity contribution is 0.627. The third-order valence-corrected chi connectivity index (χ3v) is 0.622. The molecular formula is C7H20N2. The molecule has 0 aromatic heterocycles. The first-order chi connectivity index (χ1) is 4.18. The highest BCUT2D eigenvalue weighted by Crippen LogP contribution is 1.82. The summed E-state index contributed by atoms with van der Waals surface area (Å²) in [4.78, 5) is 0. The Kier molecular flexibility index (Phi) is 14.0. The van der Waals surface area contributed by atoms with Crippen molar-refractivity contribution < 1.29 is 0 Å². The lowest BCUT2D eigenvalue weighted by Crippen LogP contribution is -2.29. The second-order valence-electron chi connectivity index (χ2n) is 2.16. The van der Waals surface area contributed by atoms with E-state index >= 15 is 0 Å². The van der Waals surface area contributed by atoms with Crippen molar-refractivity contribution in [3.05, 3.63) is 0 Å². The van der Waals surface area contributed by atoms with Gasteiger partial charge < -0.3 is 11.5 Å². The zero-order valence-corrected chi connectivity index (χ0v) is 6.85. The number of hydrogen-bond donors (Lipinski definition) is 2. The summed E-state index contributed by atoms with van der Waals surface area (Å²) in [7, 11) is 0. The third-order valence-electron chi connectivity index (χ3n) is 0.622. The van der Waals surface area contributed by atoms with Crippen molar-refractivity contribution in [1.82, 2.24) is 0 Å². The Morgan fingerprint density at radius 2 is 1.44 bits per heavy atom. The topological polar surface area (TPSA) is 52.0 Å². The second-order valence-corrected chi connectivity index (χ2v) is 2.16. The molecule has 0 saturated carbocycles. The third kappa shape index (κ3) is 32.6. The Morgan fingerprint density at radius 1 is 1.11 bits per heavy atom. The summed E-state index contributed by atoms with van der Waals surface area (Å²) in [5.74, 6) is 0. The minimum absolute atomic E-state index is 0.102. The standard InChI is InChI=1S/C4H12N2.C3H8/c1-2-3-4(5)6;1-3-2/h4H,2-3,5-6H2,1H3;3H2,1-2H3. The molecule has 0 saturated heterocycles. The summed E-state index contributed by atoms with van der Waals surface area (Å²) < 4.78 is 0. The molecule has 0 spiro atoms. The van der Waals surface area contributed by atoms with E-state index in [2.05, 4.69) is 20.8 Å². The van der Waals surface area contributed by atoms with E-state index in [4.69, 9.17) is 11.5 Å². The number of nitrogens with two attached hydrogens (primary N) is 2. The highest BCUT2D eigenvalue weighted by molar-refractivity contribution is 4.45. The van der Waals surface area contributed by atoms with Gasteiger partial charge in [0.2, 0.25) is 0 Å². The lowest BCUT2D eigenvalue weighted by Gasteiger charge is -1.97. The zero-order chi connectivity index (χ0) is 7.70. The Labute approximate surface area is 58.6 Å². The molecule has 0 aromatic carbocycles. The minimum Gasteiger partial charge on any atom is -0.316 e. The molecule has 4 N–H and O–H groups in total. The molecule has 0 aliphatic rings. The van der Waals surface area contributed by atoms with Gasteiger partial charge in [0.05, 0.1) is 6.17 Å². The van der Waals surface area contributed by atoms with Gasteiger partial charge >= 0.3 is 0 Å². The lowest BCUT2D eigenvalue weighted by atomic mass is 10.3. The molecule has 0 fully saturated rings. The van der Waals surface area contributed by atoms with Gasteiger partial charge in [0.25, 0.3) is 0 Å². The van der Waals surface area contributed by atoms with E-state index in [1.54, 1.807) is 0 Å². The molecule has 0 aromatic rings. The predicted molar refractivity (Wildman–Crippen MR) is 43.0 cm³/mol. The van der Waals surface area contributed by atoms with E-state index in [0.717, 1.165) is 12.8 Å². The van der Waals surface area contributed by atoms with Crippen molar-refractivity contribution in [3.63, 3.8) is 0 Å².